The molecule has 0 saturated carbocycles. The Hall–Kier alpha value is -1.22. The topological polar surface area (TPSA) is 24.5 Å². The molecule has 0 aliphatic rings. The number of nitrogens with zero attached hydrogens (tertiary/aromatic N) is 1. The number of hydrogen-bond donors (Lipinski definition) is 1. The van der Waals surface area contributed by atoms with Gasteiger partial charge in [-0.3, -0.25) is 0 Å². The number of methoxy groups -OCH3 is 1. The molecule has 0 heterocycles. The minimum Gasteiger partial charge on any atom is -0.385 e. The zero-order chi connectivity index (χ0) is 12.8. The summed E-state index contributed by atoms with van der Waals surface area (Å²) in [6.45, 7) is 5.13. The third kappa shape index (κ3) is 3.93. The molecule has 1 aromatic carbocycles. The van der Waals surface area contributed by atoms with Gasteiger partial charge in [-0.1, -0.05) is 6.07 Å². The molecular weight excluding hydrogens is 212 g/mol. The van der Waals surface area contributed by atoms with E-state index in [0.29, 0.717) is 6.04 Å². The molecule has 0 spiro atoms. The third-order valence-electron chi connectivity index (χ3n) is 2.94. The predicted octanol–water partition coefficient (Wildman–Crippen LogP) is 2.90. The average Bonchev–Trinajstić information content (AvgIpc) is 2.28. The fourth-order valence-electron chi connectivity index (χ4n) is 1.90. The van der Waals surface area contributed by atoms with E-state index < -0.39 is 0 Å². The van der Waals surface area contributed by atoms with Crippen LogP contribution in [-0.4, -0.2) is 33.9 Å². The Morgan fingerprint density at radius 2 is 2.06 bits per heavy atom. The smallest absolute Gasteiger partial charge is 0.0481 e. The molecule has 0 radical (unpaired) electrons. The largest absolute Gasteiger partial charge is 0.385 e. The molecule has 0 amide bonds. The van der Waals surface area contributed by atoms with Gasteiger partial charge in [-0.05, 0) is 38.0 Å². The van der Waals surface area contributed by atoms with Crippen molar-refractivity contribution in [1.29, 1.82) is 0 Å². The van der Waals surface area contributed by atoms with Crippen LogP contribution in [0.4, 0.5) is 11.4 Å². The Morgan fingerprint density at radius 1 is 1.35 bits per heavy atom. The molecule has 1 N–H and O–H groups in total. The molecule has 96 valence electrons. The first-order valence-corrected chi connectivity index (χ1v) is 6.08. The number of rotatable bonds is 6. The molecule has 3 heteroatoms. The maximum absolute atomic E-state index is 5.09. The maximum Gasteiger partial charge on any atom is 0.0481 e. The summed E-state index contributed by atoms with van der Waals surface area (Å²) in [4.78, 5) is 2.14. The van der Waals surface area contributed by atoms with E-state index in [4.69, 9.17) is 4.74 Å². The lowest BCUT2D eigenvalue weighted by atomic mass is 10.1. The van der Waals surface area contributed by atoms with Gasteiger partial charge < -0.3 is 15.0 Å². The van der Waals surface area contributed by atoms with Crippen molar-refractivity contribution in [2.45, 2.75) is 26.3 Å². The summed E-state index contributed by atoms with van der Waals surface area (Å²) in [5.74, 6) is 0. The van der Waals surface area contributed by atoms with E-state index in [-0.39, 0.29) is 0 Å². The number of anilines is 2. The van der Waals surface area contributed by atoms with Crippen molar-refractivity contribution in [3.63, 3.8) is 0 Å². The van der Waals surface area contributed by atoms with Gasteiger partial charge in [0.05, 0.1) is 0 Å². The maximum atomic E-state index is 5.09. The summed E-state index contributed by atoms with van der Waals surface area (Å²) in [5, 5.41) is 3.53. The van der Waals surface area contributed by atoms with Crippen molar-refractivity contribution in [1.82, 2.24) is 0 Å². The minimum absolute atomic E-state index is 0.422. The second-order valence-corrected chi connectivity index (χ2v) is 4.67. The van der Waals surface area contributed by atoms with E-state index in [1.54, 1.807) is 7.11 Å². The monoisotopic (exact) mass is 236 g/mol. The summed E-state index contributed by atoms with van der Waals surface area (Å²) < 4.78 is 5.09. The lowest BCUT2D eigenvalue weighted by molar-refractivity contribution is 0.191. The molecular formula is C14H24N2O. The molecule has 0 aliphatic heterocycles. The fraction of sp³-hybridized carbons (Fsp3) is 0.571. The van der Waals surface area contributed by atoms with E-state index in [1.807, 2.05) is 0 Å². The van der Waals surface area contributed by atoms with Crippen molar-refractivity contribution >= 4 is 11.4 Å². The molecule has 0 fully saturated rings. The van der Waals surface area contributed by atoms with Gasteiger partial charge in [-0.15, -0.1) is 0 Å². The Kier molecular flexibility index (Phi) is 5.29. The van der Waals surface area contributed by atoms with Gasteiger partial charge in [0.25, 0.3) is 0 Å². The first-order chi connectivity index (χ1) is 8.06. The van der Waals surface area contributed by atoms with Crippen LogP contribution >= 0.6 is 0 Å². The quantitative estimate of drug-likeness (QED) is 0.822. The number of benzene rings is 1. The Bertz CT molecular complexity index is 350. The predicted molar refractivity (Wildman–Crippen MR) is 75.1 cm³/mol. The second-order valence-electron chi connectivity index (χ2n) is 4.67. The van der Waals surface area contributed by atoms with Crippen LogP contribution in [0.25, 0.3) is 0 Å². The highest BCUT2D eigenvalue weighted by molar-refractivity contribution is 5.65. The van der Waals surface area contributed by atoms with Gasteiger partial charge >= 0.3 is 0 Å². The van der Waals surface area contributed by atoms with Crippen LogP contribution in [0.3, 0.4) is 0 Å². The third-order valence-corrected chi connectivity index (χ3v) is 2.94. The van der Waals surface area contributed by atoms with Crippen molar-refractivity contribution < 1.29 is 4.74 Å². The van der Waals surface area contributed by atoms with Gasteiger partial charge in [0.1, 0.15) is 0 Å². The van der Waals surface area contributed by atoms with Gasteiger partial charge in [0.2, 0.25) is 0 Å². The van der Waals surface area contributed by atoms with E-state index >= 15 is 0 Å². The molecule has 1 atom stereocenters. The van der Waals surface area contributed by atoms with Crippen molar-refractivity contribution in [3.05, 3.63) is 23.8 Å². The summed E-state index contributed by atoms with van der Waals surface area (Å²) in [5.41, 5.74) is 3.76. The molecule has 1 rings (SSSR count). The average molecular weight is 236 g/mol. The standard InChI is InChI=1S/C14H24N2O/c1-11(9-10-17-5)15-13-7-6-8-14(12(13)2)16(3)4/h6-8,11,15H,9-10H2,1-5H3. The number of hydrogen-bond acceptors (Lipinski definition) is 3. The summed E-state index contributed by atoms with van der Waals surface area (Å²) >= 11 is 0. The zero-order valence-corrected chi connectivity index (χ0v) is 11.6. The van der Waals surface area contributed by atoms with Crippen LogP contribution < -0.4 is 10.2 Å². The number of nitrogens with one attached hydrogen (secondary N) is 1. The lowest BCUT2D eigenvalue weighted by Crippen LogP contribution is -2.19. The van der Waals surface area contributed by atoms with Crippen LogP contribution in [0.15, 0.2) is 18.2 Å². The fourth-order valence-corrected chi connectivity index (χ4v) is 1.90. The highest BCUT2D eigenvalue weighted by atomic mass is 16.5. The number of ether oxygens (including phenoxy) is 1. The first kappa shape index (κ1) is 13.8. The molecule has 0 saturated heterocycles. The molecule has 3 nitrogen and oxygen atoms in total. The van der Waals surface area contributed by atoms with Crippen molar-refractivity contribution in [2.75, 3.05) is 38.0 Å². The van der Waals surface area contributed by atoms with Crippen molar-refractivity contribution in [3.8, 4) is 0 Å². The van der Waals surface area contributed by atoms with E-state index in [0.717, 1.165) is 13.0 Å². The van der Waals surface area contributed by atoms with E-state index in [9.17, 15) is 0 Å². The molecule has 1 aromatic rings. The zero-order valence-electron chi connectivity index (χ0n) is 11.6. The lowest BCUT2D eigenvalue weighted by Gasteiger charge is -2.21. The van der Waals surface area contributed by atoms with E-state index in [1.165, 1.54) is 16.9 Å². The van der Waals surface area contributed by atoms with E-state index in [2.05, 4.69) is 56.4 Å². The summed E-state index contributed by atoms with van der Waals surface area (Å²) in [7, 11) is 5.88. The summed E-state index contributed by atoms with van der Waals surface area (Å²) in [6, 6.07) is 6.78. The Morgan fingerprint density at radius 3 is 2.65 bits per heavy atom. The minimum atomic E-state index is 0.422. The van der Waals surface area contributed by atoms with Crippen LogP contribution in [-0.2, 0) is 4.74 Å². The highest BCUT2D eigenvalue weighted by Crippen LogP contribution is 2.25. The molecule has 1 unspecified atom stereocenters. The van der Waals surface area contributed by atoms with Gasteiger partial charge in [-0.25, -0.2) is 0 Å². The van der Waals surface area contributed by atoms with Crippen LogP contribution in [0.1, 0.15) is 18.9 Å². The first-order valence-electron chi connectivity index (χ1n) is 6.08. The second kappa shape index (κ2) is 6.50. The van der Waals surface area contributed by atoms with Gasteiger partial charge in [0, 0.05) is 45.2 Å². The SMILES string of the molecule is COCCC(C)Nc1cccc(N(C)C)c1C. The summed E-state index contributed by atoms with van der Waals surface area (Å²) in [6.07, 6.45) is 1.02. The molecule has 0 bridgehead atoms. The van der Waals surface area contributed by atoms with Gasteiger partial charge in [-0.2, -0.15) is 0 Å². The molecule has 17 heavy (non-hydrogen) atoms. The van der Waals surface area contributed by atoms with Crippen LogP contribution in [0.2, 0.25) is 0 Å². The molecule has 0 aliphatic carbocycles. The molecule has 0 aromatic heterocycles. The van der Waals surface area contributed by atoms with Crippen molar-refractivity contribution in [2.24, 2.45) is 0 Å². The van der Waals surface area contributed by atoms with Crippen LogP contribution in [0.5, 0.6) is 0 Å². The highest BCUT2D eigenvalue weighted by Gasteiger charge is 2.07. The Balaban J connectivity index is 2.74. The normalized spacial score (nSPS) is 12.3. The van der Waals surface area contributed by atoms with Crippen LogP contribution in [0, 0.1) is 6.92 Å². The Labute approximate surface area is 105 Å². The van der Waals surface area contributed by atoms with Gasteiger partial charge in [0.15, 0.2) is 0 Å².